The van der Waals surface area contributed by atoms with Crippen LogP contribution in [0.2, 0.25) is 0 Å². The molecule has 3 heterocycles. The zero-order valence-corrected chi connectivity index (χ0v) is 20.9. The molecule has 1 aliphatic rings. The van der Waals surface area contributed by atoms with E-state index in [0.717, 1.165) is 29.8 Å². The summed E-state index contributed by atoms with van der Waals surface area (Å²) in [6, 6.07) is 1.89. The number of hydroxylamine groups is 2. The van der Waals surface area contributed by atoms with Gasteiger partial charge in [0.05, 0.1) is 6.54 Å². The normalized spacial score (nSPS) is 21.2. The molecule has 0 amide bonds. The van der Waals surface area contributed by atoms with Crippen LogP contribution in [-0.4, -0.2) is 52.9 Å². The first-order valence-electron chi connectivity index (χ1n) is 11.1. The van der Waals surface area contributed by atoms with Crippen LogP contribution in [0.1, 0.15) is 59.3 Å². The van der Waals surface area contributed by atoms with E-state index in [1.54, 1.807) is 6.08 Å². The summed E-state index contributed by atoms with van der Waals surface area (Å²) in [4.78, 5) is 15.4. The van der Waals surface area contributed by atoms with Crippen molar-refractivity contribution in [1.82, 2.24) is 19.7 Å². The van der Waals surface area contributed by atoms with Gasteiger partial charge in [-0.25, -0.2) is 9.69 Å². The first kappa shape index (κ1) is 25.3. The van der Waals surface area contributed by atoms with Gasteiger partial charge in [-0.2, -0.15) is 0 Å². The number of carbonyl (C=O) groups excluding carboxylic acids is 1. The molecule has 1 fully saturated rings. The maximum absolute atomic E-state index is 13.9. The molecular formula is C22H31ClN4O3S2. The summed E-state index contributed by atoms with van der Waals surface area (Å²) >= 11 is 8.46. The number of rotatable bonds is 13. The third-order valence-electron chi connectivity index (χ3n) is 5.41. The molecule has 0 N–H and O–H groups in total. The molecule has 0 spiro atoms. The summed E-state index contributed by atoms with van der Waals surface area (Å²) in [5, 5.41) is 25.1. The minimum absolute atomic E-state index is 0.157. The molecule has 2 aromatic rings. The van der Waals surface area contributed by atoms with Gasteiger partial charge in [0.2, 0.25) is 0 Å². The fourth-order valence-corrected chi connectivity index (χ4v) is 5.56. The summed E-state index contributed by atoms with van der Waals surface area (Å²) in [6.07, 6.45) is 7.83. The molecule has 32 heavy (non-hydrogen) atoms. The highest BCUT2D eigenvalue weighted by Gasteiger charge is 2.46. The number of aromatic nitrogens is 2. The number of allylic oxidation sites excluding steroid dienone is 1. The Morgan fingerprint density at radius 1 is 1.41 bits per heavy atom. The predicted octanol–water partition coefficient (Wildman–Crippen LogP) is 5.34. The zero-order chi connectivity index (χ0) is 23.0. The van der Waals surface area contributed by atoms with Gasteiger partial charge in [-0.15, -0.1) is 34.6 Å². The molecule has 0 aliphatic carbocycles. The Kier molecular flexibility index (Phi) is 9.63. The Hall–Kier alpha value is -1.36. The molecule has 0 bridgehead atoms. The lowest BCUT2D eigenvalue weighted by atomic mass is 10.1. The number of esters is 1. The number of nitrogens with zero attached hydrogens (tertiary/aromatic N) is 4. The number of aryl methyl sites for hydroxylation is 1. The van der Waals surface area contributed by atoms with E-state index >= 15 is 0 Å². The molecule has 176 valence electrons. The maximum atomic E-state index is 13.9. The molecule has 0 radical (unpaired) electrons. The number of halogens is 1. The minimum atomic E-state index is -0.891. The van der Waals surface area contributed by atoms with Crippen molar-refractivity contribution in [1.29, 1.82) is 0 Å². The monoisotopic (exact) mass is 498 g/mol. The fraction of sp³-hybridized carbons (Fsp3) is 0.591. The maximum Gasteiger partial charge on any atom is 0.352 e. The van der Waals surface area contributed by atoms with E-state index in [4.69, 9.17) is 16.3 Å². The second-order valence-corrected chi connectivity index (χ2v) is 10.3. The molecule has 1 aliphatic heterocycles. The Labute approximate surface area is 202 Å². The SMILES string of the molecule is C=CCc1nnc([N+]2([O-])CN(CCCCl)CC2OC(=O)c2cc(CCCCCC)cs2)s1. The molecular weight excluding hydrogens is 468 g/mol. The number of ether oxygens (including phenoxy) is 1. The van der Waals surface area contributed by atoms with E-state index < -0.39 is 16.8 Å². The van der Waals surface area contributed by atoms with E-state index in [-0.39, 0.29) is 6.67 Å². The van der Waals surface area contributed by atoms with E-state index in [0.29, 0.717) is 35.4 Å². The lowest BCUT2D eigenvalue weighted by Gasteiger charge is -2.38. The molecule has 2 atom stereocenters. The zero-order valence-electron chi connectivity index (χ0n) is 18.5. The third kappa shape index (κ3) is 6.36. The van der Waals surface area contributed by atoms with Gasteiger partial charge in [-0.3, -0.25) is 4.65 Å². The molecule has 7 nitrogen and oxygen atoms in total. The van der Waals surface area contributed by atoms with E-state index in [1.807, 2.05) is 16.3 Å². The molecule has 3 rings (SSSR count). The van der Waals surface area contributed by atoms with Crippen molar-refractivity contribution < 1.29 is 9.53 Å². The van der Waals surface area contributed by atoms with Crippen LogP contribution in [0, 0.1) is 5.21 Å². The average Bonchev–Trinajstić information content (AvgIpc) is 3.50. The first-order valence-corrected chi connectivity index (χ1v) is 13.3. The van der Waals surface area contributed by atoms with Crippen LogP contribution in [0.25, 0.3) is 0 Å². The predicted molar refractivity (Wildman–Crippen MR) is 132 cm³/mol. The highest BCUT2D eigenvalue weighted by molar-refractivity contribution is 7.15. The average molecular weight is 499 g/mol. The van der Waals surface area contributed by atoms with Crippen molar-refractivity contribution >= 4 is 45.4 Å². The molecule has 2 aromatic heterocycles. The number of hydrogen-bond acceptors (Lipinski definition) is 8. The standard InChI is InChI=1S/C22H31ClN4O3S2/c1-3-5-6-7-10-17-13-18(31-15-17)21(28)30-20-14-26(12-8-11-23)16-27(20,29)22-25-24-19(32-22)9-4-2/h4,13,15,20H,2-3,5-12,14,16H2,1H3. The van der Waals surface area contributed by atoms with Crippen molar-refractivity contribution in [2.75, 3.05) is 25.6 Å². The summed E-state index contributed by atoms with van der Waals surface area (Å²) in [5.74, 6) is 0.0615. The number of thiophene rings is 1. The van der Waals surface area contributed by atoms with E-state index in [9.17, 15) is 10.0 Å². The van der Waals surface area contributed by atoms with Crippen LogP contribution in [0.3, 0.4) is 0 Å². The topological polar surface area (TPSA) is 78.4 Å². The van der Waals surface area contributed by atoms with Crippen molar-refractivity contribution in [2.45, 2.75) is 58.1 Å². The minimum Gasteiger partial charge on any atom is -0.622 e. The second-order valence-electron chi connectivity index (χ2n) is 8.02. The highest BCUT2D eigenvalue weighted by atomic mass is 35.5. The van der Waals surface area contributed by atoms with Gasteiger partial charge in [-0.1, -0.05) is 37.4 Å². The lowest BCUT2D eigenvalue weighted by molar-refractivity contribution is 0.00603. The van der Waals surface area contributed by atoms with Gasteiger partial charge in [0.25, 0.3) is 6.23 Å². The van der Waals surface area contributed by atoms with Crippen LogP contribution < -0.4 is 4.65 Å². The van der Waals surface area contributed by atoms with Gasteiger partial charge in [0.15, 0.2) is 0 Å². The van der Waals surface area contributed by atoms with Crippen molar-refractivity contribution in [3.63, 3.8) is 0 Å². The number of alkyl halides is 1. The van der Waals surface area contributed by atoms with Crippen molar-refractivity contribution in [3.8, 4) is 0 Å². The van der Waals surface area contributed by atoms with E-state index in [2.05, 4.69) is 23.7 Å². The van der Waals surface area contributed by atoms with Crippen molar-refractivity contribution in [3.05, 3.63) is 44.8 Å². The Morgan fingerprint density at radius 2 is 2.25 bits per heavy atom. The van der Waals surface area contributed by atoms with Gasteiger partial charge in [0, 0.05) is 18.8 Å². The smallest absolute Gasteiger partial charge is 0.352 e. The first-order chi connectivity index (χ1) is 15.5. The molecule has 2 unspecified atom stereocenters. The molecule has 1 saturated heterocycles. The van der Waals surface area contributed by atoms with Crippen LogP contribution >= 0.6 is 34.3 Å². The van der Waals surface area contributed by atoms with Gasteiger partial charge in [-0.05, 0) is 47.6 Å². The summed E-state index contributed by atoms with van der Waals surface area (Å²) < 4.78 is 4.94. The second kappa shape index (κ2) is 12.2. The largest absolute Gasteiger partial charge is 0.622 e. The van der Waals surface area contributed by atoms with Crippen LogP contribution in [-0.2, 0) is 17.6 Å². The van der Waals surface area contributed by atoms with Crippen LogP contribution in [0.4, 0.5) is 5.13 Å². The van der Waals surface area contributed by atoms with Gasteiger partial charge >= 0.3 is 11.1 Å². The highest BCUT2D eigenvalue weighted by Crippen LogP contribution is 2.35. The third-order valence-corrected chi connectivity index (χ3v) is 7.70. The fourth-order valence-electron chi connectivity index (χ4n) is 3.71. The van der Waals surface area contributed by atoms with Crippen molar-refractivity contribution in [2.24, 2.45) is 0 Å². The number of unbranched alkanes of at least 4 members (excludes halogenated alkanes) is 3. The van der Waals surface area contributed by atoms with Gasteiger partial charge < -0.3 is 9.94 Å². The Balaban J connectivity index is 1.70. The lowest BCUT2D eigenvalue weighted by Crippen LogP contribution is -2.50. The number of hydrogen-bond donors (Lipinski definition) is 0. The van der Waals surface area contributed by atoms with Gasteiger partial charge in [0.1, 0.15) is 16.6 Å². The molecule has 0 saturated carbocycles. The molecule has 0 aromatic carbocycles. The Bertz CT molecular complexity index is 890. The van der Waals surface area contributed by atoms with E-state index in [1.165, 1.54) is 41.9 Å². The number of quaternary nitrogens is 1. The Morgan fingerprint density at radius 3 is 3.00 bits per heavy atom. The van der Waals surface area contributed by atoms with Crippen LogP contribution in [0.15, 0.2) is 24.1 Å². The van der Waals surface area contributed by atoms with Crippen LogP contribution in [0.5, 0.6) is 0 Å². The number of carbonyl (C=O) groups is 1. The molecule has 10 heteroatoms. The quantitative estimate of drug-likeness (QED) is 0.0925. The summed E-state index contributed by atoms with van der Waals surface area (Å²) in [5.41, 5.74) is 1.15. The summed E-state index contributed by atoms with van der Waals surface area (Å²) in [7, 11) is 0. The summed E-state index contributed by atoms with van der Waals surface area (Å²) in [6.45, 7) is 7.07.